The second kappa shape index (κ2) is 4.49. The van der Waals surface area contributed by atoms with Crippen molar-refractivity contribution >= 4 is 0 Å². The molecule has 0 atom stereocenters. The molecule has 0 radical (unpaired) electrons. The summed E-state index contributed by atoms with van der Waals surface area (Å²) in [6.45, 7) is 9.32. The first kappa shape index (κ1) is 11.1. The van der Waals surface area contributed by atoms with E-state index in [2.05, 4.69) is 25.9 Å². The Balaban J connectivity index is 3.23. The number of hydrogen-bond acceptors (Lipinski definition) is 1. The van der Waals surface area contributed by atoms with Crippen LogP contribution in [0.25, 0.3) is 0 Å². The highest BCUT2D eigenvalue weighted by Gasteiger charge is 2.15. The van der Waals surface area contributed by atoms with Crippen molar-refractivity contribution in [1.29, 1.82) is 0 Å². The second-order valence-electron chi connectivity index (χ2n) is 3.96. The van der Waals surface area contributed by atoms with Gasteiger partial charge in [0.25, 0.3) is 5.56 Å². The molecular weight excluding hydrogens is 176 g/mol. The van der Waals surface area contributed by atoms with Crippen LogP contribution in [0.15, 0.2) is 4.79 Å². The van der Waals surface area contributed by atoms with Crippen molar-refractivity contribution in [3.8, 4) is 0 Å². The molecule has 1 aromatic rings. The lowest BCUT2D eigenvalue weighted by molar-refractivity contribution is 0.553. The Morgan fingerprint density at radius 1 is 1.36 bits per heavy atom. The van der Waals surface area contributed by atoms with Gasteiger partial charge < -0.3 is 0 Å². The summed E-state index contributed by atoms with van der Waals surface area (Å²) in [6, 6.07) is 0. The highest BCUT2D eigenvalue weighted by molar-refractivity contribution is 5.21. The van der Waals surface area contributed by atoms with Crippen molar-refractivity contribution in [3.05, 3.63) is 21.6 Å². The average molecular weight is 196 g/mol. The highest BCUT2D eigenvalue weighted by Crippen LogP contribution is 2.17. The summed E-state index contributed by atoms with van der Waals surface area (Å²) in [5.74, 6) is 0.412. The summed E-state index contributed by atoms with van der Waals surface area (Å²) in [6.07, 6.45) is 1.87. The highest BCUT2D eigenvalue weighted by atomic mass is 16.1. The van der Waals surface area contributed by atoms with Gasteiger partial charge >= 0.3 is 0 Å². The molecule has 0 unspecified atom stereocenters. The van der Waals surface area contributed by atoms with Gasteiger partial charge in [-0.15, -0.1) is 0 Å². The maximum Gasteiger partial charge on any atom is 0.267 e. The van der Waals surface area contributed by atoms with Gasteiger partial charge in [-0.25, -0.2) is 0 Å². The maximum atomic E-state index is 11.6. The van der Waals surface area contributed by atoms with Crippen molar-refractivity contribution in [3.63, 3.8) is 0 Å². The molecule has 0 fully saturated rings. The van der Waals surface area contributed by atoms with Gasteiger partial charge in [-0.2, -0.15) is 0 Å². The van der Waals surface area contributed by atoms with Crippen LogP contribution < -0.4 is 5.56 Å². The zero-order valence-electron chi connectivity index (χ0n) is 9.55. The number of aromatic amines is 1. The zero-order chi connectivity index (χ0) is 10.7. The van der Waals surface area contributed by atoms with Crippen LogP contribution in [0.3, 0.4) is 0 Å². The van der Waals surface area contributed by atoms with E-state index in [9.17, 15) is 4.79 Å². The van der Waals surface area contributed by atoms with Gasteiger partial charge in [-0.3, -0.25) is 14.6 Å². The van der Waals surface area contributed by atoms with E-state index in [0.717, 1.165) is 24.9 Å². The van der Waals surface area contributed by atoms with E-state index in [0.29, 0.717) is 5.92 Å². The van der Waals surface area contributed by atoms with Gasteiger partial charge in [0.05, 0.1) is 0 Å². The number of hydrogen-bond donors (Lipinski definition) is 1. The van der Waals surface area contributed by atoms with Crippen LogP contribution in [0.2, 0.25) is 0 Å². The molecule has 0 saturated carbocycles. The van der Waals surface area contributed by atoms with Crippen molar-refractivity contribution in [2.24, 2.45) is 0 Å². The van der Waals surface area contributed by atoms with Crippen LogP contribution in [-0.2, 0) is 13.0 Å². The molecule has 1 heterocycles. The molecule has 0 aromatic carbocycles. The fourth-order valence-corrected chi connectivity index (χ4v) is 1.93. The van der Waals surface area contributed by atoms with Crippen LogP contribution in [0, 0.1) is 0 Å². The third kappa shape index (κ3) is 1.91. The van der Waals surface area contributed by atoms with E-state index in [1.165, 1.54) is 5.69 Å². The van der Waals surface area contributed by atoms with Gasteiger partial charge in [-0.05, 0) is 18.8 Å². The average Bonchev–Trinajstić information content (AvgIpc) is 2.42. The molecule has 1 N–H and O–H groups in total. The summed E-state index contributed by atoms with van der Waals surface area (Å²) in [5, 5.41) is 2.91. The van der Waals surface area contributed by atoms with Gasteiger partial charge in [-0.1, -0.05) is 27.7 Å². The molecule has 0 aliphatic carbocycles. The molecule has 3 heteroatoms. The van der Waals surface area contributed by atoms with Crippen molar-refractivity contribution in [2.75, 3.05) is 0 Å². The molecule has 0 bridgehead atoms. The Morgan fingerprint density at radius 3 is 2.43 bits per heavy atom. The summed E-state index contributed by atoms with van der Waals surface area (Å²) >= 11 is 0. The Bertz CT molecular complexity index is 347. The number of aryl methyl sites for hydroxylation is 1. The first-order valence-corrected chi connectivity index (χ1v) is 5.43. The van der Waals surface area contributed by atoms with E-state index in [4.69, 9.17) is 0 Å². The largest absolute Gasteiger partial charge is 0.289 e. The minimum atomic E-state index is 0.0876. The normalized spacial score (nSPS) is 11.2. The lowest BCUT2D eigenvalue weighted by Gasteiger charge is -2.11. The first-order chi connectivity index (χ1) is 6.61. The SMILES string of the molecule is CCCn1[nH]c(=O)c(CC)c1C(C)C. The smallest absolute Gasteiger partial charge is 0.267 e. The maximum absolute atomic E-state index is 11.6. The van der Waals surface area contributed by atoms with Crippen LogP contribution in [0.5, 0.6) is 0 Å². The van der Waals surface area contributed by atoms with Crippen molar-refractivity contribution in [1.82, 2.24) is 9.78 Å². The van der Waals surface area contributed by atoms with Crippen molar-refractivity contribution < 1.29 is 0 Å². The minimum absolute atomic E-state index is 0.0876. The van der Waals surface area contributed by atoms with Gasteiger partial charge in [0.2, 0.25) is 0 Å². The molecular formula is C11H20N2O. The Hall–Kier alpha value is -0.990. The molecule has 0 aliphatic rings. The first-order valence-electron chi connectivity index (χ1n) is 5.43. The number of rotatable bonds is 4. The van der Waals surface area contributed by atoms with E-state index in [1.807, 2.05) is 11.6 Å². The van der Waals surface area contributed by atoms with Gasteiger partial charge in [0.1, 0.15) is 0 Å². The summed E-state index contributed by atoms with van der Waals surface area (Å²) in [7, 11) is 0. The topological polar surface area (TPSA) is 37.8 Å². The number of nitrogens with one attached hydrogen (secondary N) is 1. The lowest BCUT2D eigenvalue weighted by Crippen LogP contribution is -2.07. The summed E-state index contributed by atoms with van der Waals surface area (Å²) in [4.78, 5) is 11.6. The third-order valence-corrected chi connectivity index (χ3v) is 2.46. The van der Waals surface area contributed by atoms with E-state index < -0.39 is 0 Å². The molecule has 80 valence electrons. The zero-order valence-corrected chi connectivity index (χ0v) is 9.55. The fraction of sp³-hybridized carbons (Fsp3) is 0.727. The predicted octanol–water partition coefficient (Wildman–Crippen LogP) is 2.27. The van der Waals surface area contributed by atoms with Crippen LogP contribution in [-0.4, -0.2) is 9.78 Å². The molecule has 0 spiro atoms. The second-order valence-corrected chi connectivity index (χ2v) is 3.96. The van der Waals surface area contributed by atoms with Crippen LogP contribution in [0.4, 0.5) is 0 Å². The lowest BCUT2D eigenvalue weighted by atomic mass is 10.0. The Morgan fingerprint density at radius 2 is 2.00 bits per heavy atom. The number of nitrogens with zero attached hydrogens (tertiary/aromatic N) is 1. The van der Waals surface area contributed by atoms with Crippen LogP contribution in [0.1, 0.15) is 51.3 Å². The molecule has 1 aromatic heterocycles. The molecule has 1 rings (SSSR count). The van der Waals surface area contributed by atoms with Crippen molar-refractivity contribution in [2.45, 2.75) is 53.0 Å². The fourth-order valence-electron chi connectivity index (χ4n) is 1.93. The molecule has 0 aliphatic heterocycles. The standard InChI is InChI=1S/C11H20N2O/c1-5-7-13-10(8(3)4)9(6-2)11(14)12-13/h8H,5-7H2,1-4H3,(H,12,14). The minimum Gasteiger partial charge on any atom is -0.289 e. The summed E-state index contributed by atoms with van der Waals surface area (Å²) in [5.41, 5.74) is 2.22. The third-order valence-electron chi connectivity index (χ3n) is 2.46. The number of aromatic nitrogens is 2. The number of H-pyrrole nitrogens is 1. The monoisotopic (exact) mass is 196 g/mol. The van der Waals surface area contributed by atoms with E-state index >= 15 is 0 Å². The molecule has 0 amide bonds. The van der Waals surface area contributed by atoms with E-state index in [-0.39, 0.29) is 5.56 Å². The molecule has 14 heavy (non-hydrogen) atoms. The molecule has 0 saturated heterocycles. The van der Waals surface area contributed by atoms with Gasteiger partial charge in [0.15, 0.2) is 0 Å². The Kier molecular flexibility index (Phi) is 3.55. The van der Waals surface area contributed by atoms with Gasteiger partial charge in [0, 0.05) is 17.8 Å². The summed E-state index contributed by atoms with van der Waals surface area (Å²) < 4.78 is 2.01. The predicted molar refractivity (Wildman–Crippen MR) is 58.8 cm³/mol. The molecule has 3 nitrogen and oxygen atoms in total. The Labute approximate surface area is 85.1 Å². The quantitative estimate of drug-likeness (QED) is 0.788. The van der Waals surface area contributed by atoms with E-state index in [1.54, 1.807) is 0 Å². The van der Waals surface area contributed by atoms with Crippen LogP contribution >= 0.6 is 0 Å².